The maximum atomic E-state index is 13.1. The van der Waals surface area contributed by atoms with Gasteiger partial charge in [-0.25, -0.2) is 18.4 Å². The molecule has 5 rings (SSSR count). The van der Waals surface area contributed by atoms with Crippen LogP contribution in [0.4, 0.5) is 5.69 Å². The highest BCUT2D eigenvalue weighted by Gasteiger charge is 2.15. The van der Waals surface area contributed by atoms with E-state index in [2.05, 4.69) is 29.7 Å². The van der Waals surface area contributed by atoms with E-state index in [-0.39, 0.29) is 11.5 Å². The molecular formula is C27H22ClN7O3S2. The second-order valence-electron chi connectivity index (χ2n) is 8.38. The molecule has 0 atom stereocenters. The van der Waals surface area contributed by atoms with Gasteiger partial charge in [0.2, 0.25) is 0 Å². The van der Waals surface area contributed by atoms with Gasteiger partial charge in [-0.3, -0.25) is 19.7 Å². The van der Waals surface area contributed by atoms with Gasteiger partial charge < -0.3 is 10.5 Å². The third-order valence-electron chi connectivity index (χ3n) is 5.65. The van der Waals surface area contributed by atoms with Crippen molar-refractivity contribution < 1.29 is 13.2 Å². The molecule has 3 aromatic heterocycles. The minimum atomic E-state index is -3.87. The van der Waals surface area contributed by atoms with Crippen molar-refractivity contribution in [3.05, 3.63) is 94.6 Å². The number of pyridine rings is 1. The normalized spacial score (nSPS) is 12.2. The lowest BCUT2D eigenvalue weighted by Crippen LogP contribution is -2.13. The van der Waals surface area contributed by atoms with E-state index in [1.165, 1.54) is 35.9 Å². The van der Waals surface area contributed by atoms with Crippen molar-refractivity contribution in [2.24, 2.45) is 10.7 Å². The fourth-order valence-electron chi connectivity index (χ4n) is 3.75. The third kappa shape index (κ3) is 6.25. The van der Waals surface area contributed by atoms with Gasteiger partial charge in [0.1, 0.15) is 12.4 Å². The predicted molar refractivity (Wildman–Crippen MR) is 158 cm³/mol. The number of nitrogens with two attached hydrogens (primary N) is 1. The van der Waals surface area contributed by atoms with Crippen molar-refractivity contribution in [3.63, 3.8) is 0 Å². The molecular weight excluding hydrogens is 570 g/mol. The molecule has 13 heteroatoms. The van der Waals surface area contributed by atoms with Gasteiger partial charge in [0.25, 0.3) is 10.0 Å². The molecule has 0 radical (unpaired) electrons. The Morgan fingerprint density at radius 3 is 2.60 bits per heavy atom. The highest BCUT2D eigenvalue weighted by atomic mass is 35.5. The molecule has 0 saturated heterocycles. The van der Waals surface area contributed by atoms with Crippen LogP contribution in [0.25, 0.3) is 27.7 Å². The Balaban J connectivity index is 1.33. The van der Waals surface area contributed by atoms with Crippen LogP contribution in [-0.2, 0) is 16.6 Å². The van der Waals surface area contributed by atoms with Crippen LogP contribution in [-0.4, -0.2) is 41.6 Å². The van der Waals surface area contributed by atoms with Crippen molar-refractivity contribution in [2.75, 3.05) is 11.8 Å². The molecule has 10 nitrogen and oxygen atoms in total. The van der Waals surface area contributed by atoms with Gasteiger partial charge in [-0.2, -0.15) is 0 Å². The number of anilines is 1. The molecule has 0 unspecified atom stereocenters. The number of benzene rings is 2. The zero-order valence-electron chi connectivity index (χ0n) is 21.0. The SMILES string of the molecule is CN=CC(=CN)c1cnc2ccc(-c3cncc(NS(=O)(=O)c4ccc(OCc5cnc(Cl)s5)cc4)c3)cc2n1. The van der Waals surface area contributed by atoms with Gasteiger partial charge in [-0.1, -0.05) is 17.7 Å². The Morgan fingerprint density at radius 1 is 1.05 bits per heavy atom. The van der Waals surface area contributed by atoms with Crippen molar-refractivity contribution in [1.29, 1.82) is 0 Å². The van der Waals surface area contributed by atoms with E-state index in [0.29, 0.717) is 43.8 Å². The minimum absolute atomic E-state index is 0.0824. The Morgan fingerprint density at radius 2 is 1.88 bits per heavy atom. The molecule has 3 N–H and O–H groups in total. The summed E-state index contributed by atoms with van der Waals surface area (Å²) in [7, 11) is -2.23. The first-order valence-corrected chi connectivity index (χ1v) is 14.4. The van der Waals surface area contributed by atoms with Crippen LogP contribution in [0, 0.1) is 0 Å². The third-order valence-corrected chi connectivity index (χ3v) is 8.14. The largest absolute Gasteiger partial charge is 0.488 e. The molecule has 0 amide bonds. The summed E-state index contributed by atoms with van der Waals surface area (Å²) in [5, 5.41) is 0. The van der Waals surface area contributed by atoms with Crippen LogP contribution in [0.1, 0.15) is 10.6 Å². The van der Waals surface area contributed by atoms with E-state index in [4.69, 9.17) is 22.1 Å². The van der Waals surface area contributed by atoms with Crippen molar-refractivity contribution >= 4 is 61.5 Å². The molecule has 202 valence electrons. The molecule has 0 saturated carbocycles. The van der Waals surface area contributed by atoms with Crippen LogP contribution >= 0.6 is 22.9 Å². The van der Waals surface area contributed by atoms with E-state index < -0.39 is 10.0 Å². The number of nitrogens with zero attached hydrogens (tertiary/aromatic N) is 5. The van der Waals surface area contributed by atoms with E-state index in [0.717, 1.165) is 10.4 Å². The number of rotatable bonds is 9. The molecule has 0 aliphatic heterocycles. The maximum Gasteiger partial charge on any atom is 0.261 e. The Hall–Kier alpha value is -4.39. The number of fused-ring (bicyclic) bond motifs is 1. The zero-order valence-corrected chi connectivity index (χ0v) is 23.4. The van der Waals surface area contributed by atoms with Crippen LogP contribution in [0.2, 0.25) is 4.47 Å². The highest BCUT2D eigenvalue weighted by molar-refractivity contribution is 7.92. The Bertz CT molecular complexity index is 1840. The molecule has 5 aromatic rings. The summed E-state index contributed by atoms with van der Waals surface area (Å²) < 4.78 is 34.8. The first-order valence-electron chi connectivity index (χ1n) is 11.8. The standard InChI is InChI=1S/C27H22ClN7O3S2/c1-30-11-19(10-29)26-15-32-24-7-2-17(9-25(24)34-26)18-8-20(13-31-12-18)35-40(36,37)23-5-3-21(4-6-23)38-16-22-14-33-27(28)39-22/h2-15,35H,16,29H2,1H3. The topological polar surface area (TPSA) is 145 Å². The first-order chi connectivity index (χ1) is 19.3. The first kappa shape index (κ1) is 27.2. The summed E-state index contributed by atoms with van der Waals surface area (Å²) in [5.74, 6) is 0.519. The summed E-state index contributed by atoms with van der Waals surface area (Å²) in [4.78, 5) is 22.3. The van der Waals surface area contributed by atoms with Gasteiger partial charge >= 0.3 is 0 Å². The molecule has 0 spiro atoms. The van der Waals surface area contributed by atoms with Gasteiger partial charge in [0.05, 0.1) is 44.6 Å². The average Bonchev–Trinajstić information content (AvgIpc) is 3.39. The van der Waals surface area contributed by atoms with E-state index in [9.17, 15) is 8.42 Å². The monoisotopic (exact) mass is 591 g/mol. The molecule has 2 aromatic carbocycles. The number of halogens is 1. The molecule has 0 fully saturated rings. The number of sulfonamides is 1. The van der Waals surface area contributed by atoms with E-state index in [1.807, 2.05) is 18.2 Å². The van der Waals surface area contributed by atoms with Crippen molar-refractivity contribution in [3.8, 4) is 16.9 Å². The van der Waals surface area contributed by atoms with Crippen LogP contribution in [0.5, 0.6) is 5.75 Å². The molecule has 0 bridgehead atoms. The molecule has 40 heavy (non-hydrogen) atoms. The number of aromatic nitrogens is 4. The van der Waals surface area contributed by atoms with E-state index in [1.54, 1.807) is 50.1 Å². The second-order valence-corrected chi connectivity index (χ2v) is 11.8. The fraction of sp³-hybridized carbons (Fsp3) is 0.0741. The molecule has 0 aliphatic rings. The summed E-state index contributed by atoms with van der Waals surface area (Å²) in [6, 6.07) is 13.4. The van der Waals surface area contributed by atoms with Crippen LogP contribution < -0.4 is 15.2 Å². The van der Waals surface area contributed by atoms with Crippen LogP contribution in [0.3, 0.4) is 0 Å². The number of aliphatic imine (C=N–C) groups is 1. The maximum absolute atomic E-state index is 13.1. The summed E-state index contributed by atoms with van der Waals surface area (Å²) in [6.45, 7) is 0.284. The summed E-state index contributed by atoms with van der Waals surface area (Å²) >= 11 is 7.16. The van der Waals surface area contributed by atoms with E-state index >= 15 is 0 Å². The number of nitrogens with one attached hydrogen (secondary N) is 1. The smallest absolute Gasteiger partial charge is 0.261 e. The zero-order chi connectivity index (χ0) is 28.1. The highest BCUT2D eigenvalue weighted by Crippen LogP contribution is 2.27. The lowest BCUT2D eigenvalue weighted by atomic mass is 10.1. The van der Waals surface area contributed by atoms with Gasteiger partial charge in [0, 0.05) is 43.0 Å². The van der Waals surface area contributed by atoms with Crippen LogP contribution in [0.15, 0.2) is 89.4 Å². The van der Waals surface area contributed by atoms with Gasteiger partial charge in [-0.15, -0.1) is 11.3 Å². The van der Waals surface area contributed by atoms with Gasteiger partial charge in [-0.05, 0) is 48.0 Å². The second kappa shape index (κ2) is 11.8. The lowest BCUT2D eigenvalue weighted by Gasteiger charge is -2.11. The summed E-state index contributed by atoms with van der Waals surface area (Å²) in [6.07, 6.45) is 9.40. The van der Waals surface area contributed by atoms with Crippen molar-refractivity contribution in [1.82, 2.24) is 19.9 Å². The number of allylic oxidation sites excluding steroid dienone is 1. The quantitative estimate of drug-likeness (QED) is 0.223. The number of hydrogen-bond acceptors (Lipinski definition) is 10. The average molecular weight is 592 g/mol. The molecule has 0 aliphatic carbocycles. The lowest BCUT2D eigenvalue weighted by molar-refractivity contribution is 0.309. The minimum Gasteiger partial charge on any atom is -0.488 e. The fourth-order valence-corrected chi connectivity index (χ4v) is 5.68. The summed E-state index contributed by atoms with van der Waals surface area (Å²) in [5.41, 5.74) is 10.1. The Labute approximate surface area is 239 Å². The van der Waals surface area contributed by atoms with Gasteiger partial charge in [0.15, 0.2) is 4.47 Å². The molecule has 3 heterocycles. The number of thiazole rings is 1. The predicted octanol–water partition coefficient (Wildman–Crippen LogP) is 5.18. The van der Waals surface area contributed by atoms with Crippen molar-refractivity contribution in [2.45, 2.75) is 11.5 Å². The number of ether oxygens (including phenoxy) is 1. The number of hydrogen-bond donors (Lipinski definition) is 2. The Kier molecular flexibility index (Phi) is 8.01.